The summed E-state index contributed by atoms with van der Waals surface area (Å²) in [6.07, 6.45) is 1.18. The Morgan fingerprint density at radius 2 is 2.29 bits per heavy atom. The summed E-state index contributed by atoms with van der Waals surface area (Å²) in [5.74, 6) is 1.48. The zero-order valence-electron chi connectivity index (χ0n) is 5.03. The number of hydrogen-bond donors (Lipinski definition) is 0. The van der Waals surface area contributed by atoms with Gasteiger partial charge in [0.25, 0.3) is 0 Å². The molecule has 0 atom stereocenters. The molecule has 0 amide bonds. The van der Waals surface area contributed by atoms with Gasteiger partial charge < -0.3 is 4.74 Å². The van der Waals surface area contributed by atoms with Crippen molar-refractivity contribution >= 4 is 0 Å². The zero-order chi connectivity index (χ0) is 4.41. The largest absolute Gasteiger partial charge is 1.00 e. The Hall–Kier alpha value is 1.77. The van der Waals surface area contributed by atoms with Crippen molar-refractivity contribution in [1.82, 2.24) is 0 Å². The molecule has 0 aromatic heterocycles. The summed E-state index contributed by atoms with van der Waals surface area (Å²) < 4.78 is 5.02. The van der Waals surface area contributed by atoms with Crippen molar-refractivity contribution in [2.45, 2.75) is 13.3 Å². The van der Waals surface area contributed by atoms with E-state index in [0.29, 0.717) is 0 Å². The second-order valence-corrected chi connectivity index (χ2v) is 1.76. The summed E-state index contributed by atoms with van der Waals surface area (Å²) in [6, 6.07) is 0. The average Bonchev–Trinajstić information content (AvgIpc) is 1.86. The zero-order valence-corrected chi connectivity index (χ0v) is 9.95. The van der Waals surface area contributed by atoms with Crippen LogP contribution in [-0.4, -0.2) is 13.2 Å². The fraction of sp³-hybridized carbons (Fsp3) is 0.800. The van der Waals surface area contributed by atoms with E-state index >= 15 is 0 Å². The Balaban J connectivity index is 0.000000360. The Morgan fingerprint density at radius 3 is 2.43 bits per heavy atom. The fourth-order valence-corrected chi connectivity index (χ4v) is 0.565. The van der Waals surface area contributed by atoms with Crippen molar-refractivity contribution < 1.29 is 62.9 Å². The van der Waals surface area contributed by atoms with Gasteiger partial charge in [-0.3, -0.25) is 5.92 Å². The van der Waals surface area contributed by atoms with Gasteiger partial charge in [0, 0.05) is 6.61 Å². The van der Waals surface area contributed by atoms with Crippen molar-refractivity contribution in [2.24, 2.45) is 0 Å². The number of hydrogen-bond acceptors (Lipinski definition) is 1. The molecule has 0 unspecified atom stereocenters. The third-order valence-electron chi connectivity index (χ3n) is 1.02. The summed E-state index contributed by atoms with van der Waals surface area (Å²) in [6.45, 7) is 3.98. The van der Waals surface area contributed by atoms with E-state index in [2.05, 4.69) is 6.92 Å². The molecular formula is C5H9ORb. The average molecular weight is 171 g/mol. The van der Waals surface area contributed by atoms with Crippen LogP contribution in [0.1, 0.15) is 13.3 Å². The Labute approximate surface area is 93.6 Å². The maximum atomic E-state index is 5.02. The van der Waals surface area contributed by atoms with Crippen LogP contribution in [0.3, 0.4) is 0 Å². The van der Waals surface area contributed by atoms with Gasteiger partial charge in [-0.1, -0.05) is 6.61 Å². The first-order chi connectivity index (χ1) is 2.89. The molecule has 0 saturated carbocycles. The first kappa shape index (κ1) is 8.77. The molecule has 0 radical (unpaired) electrons. The van der Waals surface area contributed by atoms with Crippen molar-refractivity contribution in [3.63, 3.8) is 0 Å². The van der Waals surface area contributed by atoms with E-state index in [1.807, 2.05) is 0 Å². The number of ether oxygens (including phenoxy) is 1. The minimum absolute atomic E-state index is 0. The van der Waals surface area contributed by atoms with Gasteiger partial charge in [0.15, 0.2) is 0 Å². The molecule has 36 valence electrons. The monoisotopic (exact) mass is 170 g/mol. The van der Waals surface area contributed by atoms with Crippen LogP contribution in [0, 0.1) is 5.92 Å². The third kappa shape index (κ3) is 3.36. The fourth-order valence-electron chi connectivity index (χ4n) is 0.565. The standard InChI is InChI=1S/C5H9O.Rb/c1-5-2-3-6-4-5;/h2-4H2,1H3;/q-1;+1. The maximum absolute atomic E-state index is 5.02. The van der Waals surface area contributed by atoms with Crippen molar-refractivity contribution in [3.05, 3.63) is 5.92 Å². The molecule has 0 bridgehead atoms. The van der Waals surface area contributed by atoms with E-state index in [1.54, 1.807) is 0 Å². The van der Waals surface area contributed by atoms with E-state index in [1.165, 1.54) is 12.3 Å². The smallest absolute Gasteiger partial charge is 0.416 e. The van der Waals surface area contributed by atoms with Crippen LogP contribution in [0.4, 0.5) is 0 Å². The minimum atomic E-state index is 0. The van der Waals surface area contributed by atoms with Gasteiger partial charge in [0.1, 0.15) is 0 Å². The molecule has 0 spiro atoms. The number of rotatable bonds is 0. The molecule has 1 heterocycles. The van der Waals surface area contributed by atoms with E-state index in [4.69, 9.17) is 4.74 Å². The van der Waals surface area contributed by atoms with E-state index in [-0.39, 0.29) is 58.2 Å². The van der Waals surface area contributed by atoms with Gasteiger partial charge in [-0.15, -0.1) is 0 Å². The van der Waals surface area contributed by atoms with Crippen LogP contribution >= 0.6 is 0 Å². The molecule has 0 N–H and O–H groups in total. The normalized spacial score (nSPS) is 21.9. The molecule has 1 nitrogen and oxygen atoms in total. The van der Waals surface area contributed by atoms with Crippen LogP contribution in [0.25, 0.3) is 0 Å². The van der Waals surface area contributed by atoms with E-state index in [0.717, 1.165) is 13.2 Å². The van der Waals surface area contributed by atoms with Crippen molar-refractivity contribution in [2.75, 3.05) is 13.2 Å². The molecule has 0 aromatic rings. The molecule has 1 fully saturated rings. The SMILES string of the molecule is C[C-]1CCOC1.[Rb+]. The predicted octanol–water partition coefficient (Wildman–Crippen LogP) is -1.99. The molecule has 1 aliphatic heterocycles. The predicted molar refractivity (Wildman–Crippen MR) is 24.4 cm³/mol. The van der Waals surface area contributed by atoms with E-state index in [9.17, 15) is 0 Å². The topological polar surface area (TPSA) is 9.23 Å². The summed E-state index contributed by atoms with van der Waals surface area (Å²) >= 11 is 0. The van der Waals surface area contributed by atoms with Gasteiger partial charge in [-0.25, -0.2) is 0 Å². The molecule has 7 heavy (non-hydrogen) atoms. The molecule has 1 saturated heterocycles. The summed E-state index contributed by atoms with van der Waals surface area (Å²) in [5, 5.41) is 0. The second kappa shape index (κ2) is 4.63. The van der Waals surface area contributed by atoms with Gasteiger partial charge in [-0.05, 0) is 0 Å². The van der Waals surface area contributed by atoms with Gasteiger partial charge >= 0.3 is 58.2 Å². The van der Waals surface area contributed by atoms with Gasteiger partial charge in [-0.2, -0.15) is 13.3 Å². The third-order valence-corrected chi connectivity index (χ3v) is 1.02. The Morgan fingerprint density at radius 1 is 1.57 bits per heavy atom. The quantitative estimate of drug-likeness (QED) is 0.383. The summed E-state index contributed by atoms with van der Waals surface area (Å²) in [4.78, 5) is 0. The Bertz CT molecular complexity index is 41.3. The van der Waals surface area contributed by atoms with Gasteiger partial charge in [0.05, 0.1) is 0 Å². The molecule has 1 rings (SSSR count). The van der Waals surface area contributed by atoms with Gasteiger partial charge in [0.2, 0.25) is 0 Å². The Kier molecular flexibility index (Phi) is 5.79. The molecule has 0 aliphatic carbocycles. The van der Waals surface area contributed by atoms with Crippen LogP contribution in [-0.2, 0) is 4.74 Å². The summed E-state index contributed by atoms with van der Waals surface area (Å²) in [5.41, 5.74) is 0. The van der Waals surface area contributed by atoms with Crippen LogP contribution in [0.2, 0.25) is 0 Å². The molecule has 2 heteroatoms. The molecule has 1 aliphatic rings. The first-order valence-corrected chi connectivity index (χ1v) is 2.28. The molecular weight excluding hydrogens is 162 g/mol. The van der Waals surface area contributed by atoms with Crippen LogP contribution in [0.15, 0.2) is 0 Å². The minimum Gasteiger partial charge on any atom is -0.416 e. The molecule has 0 aromatic carbocycles. The second-order valence-electron chi connectivity index (χ2n) is 1.76. The maximum Gasteiger partial charge on any atom is 1.00 e. The van der Waals surface area contributed by atoms with Crippen LogP contribution in [0.5, 0.6) is 0 Å². The van der Waals surface area contributed by atoms with Crippen LogP contribution < -0.4 is 58.2 Å². The van der Waals surface area contributed by atoms with E-state index < -0.39 is 0 Å². The van der Waals surface area contributed by atoms with Crippen molar-refractivity contribution in [3.8, 4) is 0 Å². The van der Waals surface area contributed by atoms with Crippen molar-refractivity contribution in [1.29, 1.82) is 0 Å². The summed E-state index contributed by atoms with van der Waals surface area (Å²) in [7, 11) is 0. The first-order valence-electron chi connectivity index (χ1n) is 2.28.